The molecule has 0 aromatic heterocycles. The molecule has 2 aromatic rings. The second-order valence-electron chi connectivity index (χ2n) is 7.40. The predicted molar refractivity (Wildman–Crippen MR) is 107 cm³/mol. The lowest BCUT2D eigenvalue weighted by atomic mass is 9.91. The van der Waals surface area contributed by atoms with Crippen molar-refractivity contribution in [1.29, 1.82) is 0 Å². The Morgan fingerprint density at radius 1 is 1.11 bits per heavy atom. The summed E-state index contributed by atoms with van der Waals surface area (Å²) in [5, 5.41) is 2.96. The van der Waals surface area contributed by atoms with E-state index in [1.807, 2.05) is 18.2 Å². The molecule has 0 spiro atoms. The van der Waals surface area contributed by atoms with Crippen molar-refractivity contribution in [2.24, 2.45) is 5.92 Å². The van der Waals surface area contributed by atoms with Crippen LogP contribution in [0.15, 0.2) is 54.6 Å². The number of rotatable bonds is 6. The van der Waals surface area contributed by atoms with Gasteiger partial charge in [0, 0.05) is 18.7 Å². The van der Waals surface area contributed by atoms with E-state index in [-0.39, 0.29) is 17.6 Å². The Morgan fingerprint density at radius 3 is 2.56 bits per heavy atom. The Bertz CT molecular complexity index is 923. The van der Waals surface area contributed by atoms with Gasteiger partial charge in [-0.1, -0.05) is 36.4 Å². The molecule has 1 amide bonds. The van der Waals surface area contributed by atoms with Gasteiger partial charge < -0.3 is 5.32 Å². The largest absolute Gasteiger partial charge is 0.326 e. The van der Waals surface area contributed by atoms with Gasteiger partial charge in [0.05, 0.1) is 11.4 Å². The van der Waals surface area contributed by atoms with Gasteiger partial charge in [-0.3, -0.25) is 9.10 Å². The Balaban J connectivity index is 1.46. The molecule has 142 valence electrons. The summed E-state index contributed by atoms with van der Waals surface area (Å²) in [5.74, 6) is 0.980. The van der Waals surface area contributed by atoms with Gasteiger partial charge in [0.1, 0.15) is 0 Å². The van der Waals surface area contributed by atoms with Gasteiger partial charge in [0.2, 0.25) is 15.9 Å². The summed E-state index contributed by atoms with van der Waals surface area (Å²) in [6.45, 7) is 0.498. The normalized spacial score (nSPS) is 19.6. The van der Waals surface area contributed by atoms with Crippen molar-refractivity contribution < 1.29 is 13.2 Å². The van der Waals surface area contributed by atoms with Crippen LogP contribution in [0.1, 0.15) is 37.2 Å². The molecule has 1 aliphatic carbocycles. The van der Waals surface area contributed by atoms with E-state index in [2.05, 4.69) is 17.4 Å². The highest BCUT2D eigenvalue weighted by atomic mass is 32.2. The number of amides is 1. The minimum atomic E-state index is -3.22. The van der Waals surface area contributed by atoms with Crippen molar-refractivity contribution in [2.45, 2.75) is 31.6 Å². The van der Waals surface area contributed by atoms with Crippen LogP contribution in [0.25, 0.3) is 0 Å². The molecule has 4 rings (SSSR count). The van der Waals surface area contributed by atoms with Crippen LogP contribution < -0.4 is 9.62 Å². The second-order valence-corrected chi connectivity index (χ2v) is 9.41. The first kappa shape index (κ1) is 18.0. The molecule has 27 heavy (non-hydrogen) atoms. The second kappa shape index (κ2) is 7.35. The fraction of sp³-hybridized carbons (Fsp3) is 0.381. The molecule has 1 N–H and O–H groups in total. The van der Waals surface area contributed by atoms with E-state index in [1.165, 1.54) is 22.7 Å². The molecule has 1 saturated heterocycles. The Hall–Kier alpha value is -2.34. The van der Waals surface area contributed by atoms with E-state index in [0.717, 1.165) is 0 Å². The van der Waals surface area contributed by atoms with Crippen LogP contribution in [0.3, 0.4) is 0 Å². The van der Waals surface area contributed by atoms with E-state index in [9.17, 15) is 13.2 Å². The maximum Gasteiger partial charge on any atom is 0.235 e. The van der Waals surface area contributed by atoms with E-state index in [1.54, 1.807) is 24.3 Å². The van der Waals surface area contributed by atoms with Gasteiger partial charge in [-0.05, 0) is 54.9 Å². The van der Waals surface area contributed by atoms with Crippen LogP contribution in [0.2, 0.25) is 0 Å². The van der Waals surface area contributed by atoms with Crippen molar-refractivity contribution >= 4 is 27.3 Å². The molecule has 5 nitrogen and oxygen atoms in total. The van der Waals surface area contributed by atoms with E-state index < -0.39 is 10.0 Å². The number of anilines is 2. The van der Waals surface area contributed by atoms with Crippen molar-refractivity contribution in [3.63, 3.8) is 0 Å². The van der Waals surface area contributed by atoms with Crippen LogP contribution in [0.5, 0.6) is 0 Å². The zero-order valence-corrected chi connectivity index (χ0v) is 16.0. The van der Waals surface area contributed by atoms with Gasteiger partial charge in [-0.25, -0.2) is 8.42 Å². The standard InChI is InChI=1S/C21H24N2O3S/c24-21(15-20(17-10-11-17)16-6-2-1-3-7-16)22-18-8-4-9-19(14-18)23-12-5-13-27(23,25)26/h1-4,6-9,14,17,20H,5,10-13,15H2,(H,22,24). The van der Waals surface area contributed by atoms with Gasteiger partial charge in [0.25, 0.3) is 0 Å². The molecular formula is C21H24N2O3S. The monoisotopic (exact) mass is 384 g/mol. The van der Waals surface area contributed by atoms with E-state index in [0.29, 0.717) is 36.7 Å². The number of sulfonamides is 1. The lowest BCUT2D eigenvalue weighted by molar-refractivity contribution is -0.116. The molecule has 1 saturated carbocycles. The van der Waals surface area contributed by atoms with Crippen molar-refractivity contribution in [1.82, 2.24) is 0 Å². The lowest BCUT2D eigenvalue weighted by Crippen LogP contribution is -2.25. The number of hydrogen-bond acceptors (Lipinski definition) is 3. The molecule has 2 aromatic carbocycles. The molecule has 2 aliphatic rings. The summed E-state index contributed by atoms with van der Waals surface area (Å²) in [6.07, 6.45) is 3.43. The topological polar surface area (TPSA) is 66.5 Å². The van der Waals surface area contributed by atoms with Crippen LogP contribution >= 0.6 is 0 Å². The third-order valence-corrected chi connectivity index (χ3v) is 7.21. The fourth-order valence-corrected chi connectivity index (χ4v) is 5.39. The highest BCUT2D eigenvalue weighted by Crippen LogP contribution is 2.44. The number of carbonyl (C=O) groups is 1. The number of hydrogen-bond donors (Lipinski definition) is 1. The smallest absolute Gasteiger partial charge is 0.235 e. The molecule has 2 fully saturated rings. The minimum Gasteiger partial charge on any atom is -0.326 e. The predicted octanol–water partition coefficient (Wildman–Crippen LogP) is 3.75. The maximum absolute atomic E-state index is 12.6. The first-order valence-corrected chi connectivity index (χ1v) is 11.1. The van der Waals surface area contributed by atoms with Gasteiger partial charge in [0.15, 0.2) is 0 Å². The molecule has 1 unspecified atom stereocenters. The maximum atomic E-state index is 12.6. The number of carbonyl (C=O) groups excluding carboxylic acids is 1. The highest BCUT2D eigenvalue weighted by Gasteiger charge is 2.33. The Kier molecular flexibility index (Phi) is 4.91. The van der Waals surface area contributed by atoms with Gasteiger partial charge >= 0.3 is 0 Å². The fourth-order valence-electron chi connectivity index (χ4n) is 3.84. The SMILES string of the molecule is O=C(CC(c1ccccc1)C1CC1)Nc1cccc(N2CCCS2(=O)=O)c1. The van der Waals surface area contributed by atoms with Crippen LogP contribution in [0, 0.1) is 5.92 Å². The molecule has 1 heterocycles. The van der Waals surface area contributed by atoms with E-state index >= 15 is 0 Å². The van der Waals surface area contributed by atoms with Crippen molar-refractivity contribution in [3.8, 4) is 0 Å². The quantitative estimate of drug-likeness (QED) is 0.825. The minimum absolute atomic E-state index is 0.0304. The van der Waals surface area contributed by atoms with Crippen molar-refractivity contribution in [2.75, 3.05) is 21.9 Å². The summed E-state index contributed by atoms with van der Waals surface area (Å²) in [4.78, 5) is 12.6. The van der Waals surface area contributed by atoms with Gasteiger partial charge in [-0.2, -0.15) is 0 Å². The Labute approximate surface area is 160 Å². The molecule has 0 radical (unpaired) electrons. The highest BCUT2D eigenvalue weighted by molar-refractivity contribution is 7.93. The summed E-state index contributed by atoms with van der Waals surface area (Å²) in [7, 11) is -3.22. The average Bonchev–Trinajstić information content (AvgIpc) is 3.43. The molecular weight excluding hydrogens is 360 g/mol. The zero-order valence-electron chi connectivity index (χ0n) is 15.2. The van der Waals surface area contributed by atoms with Crippen LogP contribution in [-0.4, -0.2) is 26.6 Å². The van der Waals surface area contributed by atoms with E-state index in [4.69, 9.17) is 0 Å². The molecule has 6 heteroatoms. The molecule has 1 atom stereocenters. The number of benzene rings is 2. The van der Waals surface area contributed by atoms with Gasteiger partial charge in [-0.15, -0.1) is 0 Å². The molecule has 0 bridgehead atoms. The first-order valence-electron chi connectivity index (χ1n) is 9.48. The molecule has 1 aliphatic heterocycles. The van der Waals surface area contributed by atoms with Crippen LogP contribution in [-0.2, 0) is 14.8 Å². The summed E-state index contributed by atoms with van der Waals surface area (Å²) in [5.41, 5.74) is 2.47. The average molecular weight is 385 g/mol. The number of nitrogens with one attached hydrogen (secondary N) is 1. The zero-order chi connectivity index (χ0) is 18.9. The Morgan fingerprint density at radius 2 is 1.89 bits per heavy atom. The summed E-state index contributed by atoms with van der Waals surface area (Å²) in [6, 6.07) is 17.3. The van der Waals surface area contributed by atoms with Crippen molar-refractivity contribution in [3.05, 3.63) is 60.2 Å². The third-order valence-electron chi connectivity index (χ3n) is 5.34. The summed E-state index contributed by atoms with van der Waals surface area (Å²) >= 11 is 0. The third kappa shape index (κ3) is 4.16. The summed E-state index contributed by atoms with van der Waals surface area (Å²) < 4.78 is 25.7. The number of nitrogens with zero attached hydrogens (tertiary/aromatic N) is 1. The lowest BCUT2D eigenvalue weighted by Gasteiger charge is -2.19. The first-order chi connectivity index (χ1) is 13.0. The van der Waals surface area contributed by atoms with Crippen LogP contribution in [0.4, 0.5) is 11.4 Å².